The highest BCUT2D eigenvalue weighted by molar-refractivity contribution is 5.81. The number of likely N-dealkylation sites (tertiary alicyclic amines) is 1. The molecule has 9 heteroatoms. The maximum Gasteiger partial charge on any atom is 0.154 e. The standard InChI is InChI=1S/C24H28N8O/c1-16(2)17-9-24(30-26-11-17)29-23-5-4-21-22(28-23)8-18(10-25-21)19-12-27-32(13-19)6-7-33-20-14-31(3)15-20/h4-5,8-13,16,20H,6-7,14-15H2,1-3H3,(H,28,29,30). The molecule has 33 heavy (non-hydrogen) atoms. The molecule has 0 spiro atoms. The van der Waals surface area contributed by atoms with Crippen LogP contribution in [0.15, 0.2) is 49.1 Å². The van der Waals surface area contributed by atoms with Gasteiger partial charge in [-0.2, -0.15) is 10.2 Å². The number of nitrogens with zero attached hydrogens (tertiary/aromatic N) is 7. The first-order chi connectivity index (χ1) is 16.0. The van der Waals surface area contributed by atoms with Crippen molar-refractivity contribution in [1.82, 2.24) is 34.8 Å². The van der Waals surface area contributed by atoms with Crippen LogP contribution < -0.4 is 5.32 Å². The first-order valence-corrected chi connectivity index (χ1v) is 11.2. The van der Waals surface area contributed by atoms with E-state index in [1.807, 2.05) is 47.5 Å². The van der Waals surface area contributed by atoms with Crippen molar-refractivity contribution in [3.8, 4) is 11.1 Å². The third-order valence-corrected chi connectivity index (χ3v) is 5.81. The Morgan fingerprint density at radius 3 is 2.76 bits per heavy atom. The van der Waals surface area contributed by atoms with E-state index in [9.17, 15) is 0 Å². The molecule has 0 amide bonds. The lowest BCUT2D eigenvalue weighted by Crippen LogP contribution is -2.49. The van der Waals surface area contributed by atoms with E-state index >= 15 is 0 Å². The second kappa shape index (κ2) is 9.21. The number of aromatic nitrogens is 6. The van der Waals surface area contributed by atoms with E-state index in [0.29, 0.717) is 30.3 Å². The van der Waals surface area contributed by atoms with Crippen molar-refractivity contribution in [2.75, 3.05) is 32.1 Å². The van der Waals surface area contributed by atoms with Crippen molar-refractivity contribution in [1.29, 1.82) is 0 Å². The van der Waals surface area contributed by atoms with E-state index < -0.39 is 0 Å². The zero-order valence-electron chi connectivity index (χ0n) is 19.1. The quantitative estimate of drug-likeness (QED) is 0.441. The van der Waals surface area contributed by atoms with Gasteiger partial charge in [-0.25, -0.2) is 4.98 Å². The summed E-state index contributed by atoms with van der Waals surface area (Å²) in [6.45, 7) is 7.66. The molecule has 0 radical (unpaired) electrons. The number of hydrogen-bond acceptors (Lipinski definition) is 8. The first-order valence-electron chi connectivity index (χ1n) is 11.2. The van der Waals surface area contributed by atoms with E-state index in [2.05, 4.69) is 51.4 Å². The molecule has 5 heterocycles. The number of rotatable bonds is 8. The Morgan fingerprint density at radius 1 is 1.06 bits per heavy atom. The summed E-state index contributed by atoms with van der Waals surface area (Å²) in [7, 11) is 2.10. The normalized spacial score (nSPS) is 14.7. The smallest absolute Gasteiger partial charge is 0.154 e. The Balaban J connectivity index is 1.29. The molecular weight excluding hydrogens is 416 g/mol. The van der Waals surface area contributed by atoms with E-state index in [0.717, 1.165) is 47.4 Å². The van der Waals surface area contributed by atoms with Gasteiger partial charge in [0.2, 0.25) is 0 Å². The van der Waals surface area contributed by atoms with Crippen LogP contribution in [0.25, 0.3) is 22.2 Å². The molecule has 1 aliphatic rings. The van der Waals surface area contributed by atoms with Gasteiger partial charge in [0.25, 0.3) is 0 Å². The van der Waals surface area contributed by atoms with Gasteiger partial charge in [0, 0.05) is 36.6 Å². The van der Waals surface area contributed by atoms with Gasteiger partial charge >= 0.3 is 0 Å². The van der Waals surface area contributed by atoms with Gasteiger partial charge in [0.1, 0.15) is 5.82 Å². The van der Waals surface area contributed by atoms with Gasteiger partial charge in [0.15, 0.2) is 5.82 Å². The minimum atomic E-state index is 0.349. The third-order valence-electron chi connectivity index (χ3n) is 5.81. The van der Waals surface area contributed by atoms with Crippen LogP contribution in [0.3, 0.4) is 0 Å². The molecule has 0 saturated carbocycles. The second-order valence-corrected chi connectivity index (χ2v) is 8.82. The predicted molar refractivity (Wildman–Crippen MR) is 127 cm³/mol. The van der Waals surface area contributed by atoms with E-state index in [-0.39, 0.29) is 0 Å². The topological polar surface area (TPSA) is 93.9 Å². The lowest BCUT2D eigenvalue weighted by atomic mass is 10.1. The van der Waals surface area contributed by atoms with Crippen molar-refractivity contribution in [2.45, 2.75) is 32.4 Å². The summed E-state index contributed by atoms with van der Waals surface area (Å²) in [5.41, 5.74) is 4.73. The minimum Gasteiger partial charge on any atom is -0.374 e. The molecular formula is C24H28N8O. The zero-order valence-corrected chi connectivity index (χ0v) is 19.1. The number of nitrogens with one attached hydrogen (secondary N) is 1. The molecule has 1 N–H and O–H groups in total. The molecule has 170 valence electrons. The van der Waals surface area contributed by atoms with Gasteiger partial charge in [-0.15, -0.1) is 5.10 Å². The van der Waals surface area contributed by atoms with Crippen LogP contribution in [0.2, 0.25) is 0 Å². The van der Waals surface area contributed by atoms with Crippen molar-refractivity contribution < 1.29 is 4.74 Å². The Labute approximate surface area is 192 Å². The zero-order chi connectivity index (χ0) is 22.8. The number of anilines is 2. The summed E-state index contributed by atoms with van der Waals surface area (Å²) in [6, 6.07) is 7.88. The van der Waals surface area contributed by atoms with Gasteiger partial charge < -0.3 is 15.0 Å². The van der Waals surface area contributed by atoms with Crippen LogP contribution in [-0.4, -0.2) is 67.7 Å². The van der Waals surface area contributed by atoms with Crippen molar-refractivity contribution in [2.24, 2.45) is 0 Å². The predicted octanol–water partition coefficient (Wildman–Crippen LogP) is 3.48. The van der Waals surface area contributed by atoms with Gasteiger partial charge in [-0.1, -0.05) is 13.8 Å². The van der Waals surface area contributed by atoms with Crippen LogP contribution in [0, 0.1) is 0 Å². The lowest BCUT2D eigenvalue weighted by Gasteiger charge is -2.35. The summed E-state index contributed by atoms with van der Waals surface area (Å²) >= 11 is 0. The molecule has 4 aromatic heterocycles. The fourth-order valence-corrected chi connectivity index (χ4v) is 3.82. The van der Waals surface area contributed by atoms with Crippen molar-refractivity contribution in [3.05, 3.63) is 54.6 Å². The van der Waals surface area contributed by atoms with E-state index in [1.165, 1.54) is 0 Å². The van der Waals surface area contributed by atoms with Gasteiger partial charge in [0.05, 0.1) is 42.7 Å². The van der Waals surface area contributed by atoms with Gasteiger partial charge in [-0.05, 0) is 42.8 Å². The van der Waals surface area contributed by atoms with E-state index in [4.69, 9.17) is 9.72 Å². The van der Waals surface area contributed by atoms with Crippen LogP contribution in [0.1, 0.15) is 25.3 Å². The second-order valence-electron chi connectivity index (χ2n) is 8.82. The summed E-state index contributed by atoms with van der Waals surface area (Å²) in [5, 5.41) is 16.0. The number of ether oxygens (including phenoxy) is 1. The number of likely N-dealkylation sites (N-methyl/N-ethyl adjacent to an activating group) is 1. The van der Waals surface area contributed by atoms with Crippen LogP contribution in [0.4, 0.5) is 11.6 Å². The minimum absolute atomic E-state index is 0.349. The van der Waals surface area contributed by atoms with Gasteiger partial charge in [-0.3, -0.25) is 9.67 Å². The Morgan fingerprint density at radius 2 is 1.94 bits per heavy atom. The largest absolute Gasteiger partial charge is 0.374 e. The molecule has 4 aromatic rings. The average molecular weight is 445 g/mol. The third kappa shape index (κ3) is 4.99. The average Bonchev–Trinajstić information content (AvgIpc) is 3.26. The molecule has 0 unspecified atom stereocenters. The van der Waals surface area contributed by atoms with Crippen molar-refractivity contribution in [3.63, 3.8) is 0 Å². The molecule has 5 rings (SSSR count). The molecule has 0 bridgehead atoms. The molecule has 1 aliphatic heterocycles. The summed E-state index contributed by atoms with van der Waals surface area (Å²) in [5.74, 6) is 1.75. The summed E-state index contributed by atoms with van der Waals surface area (Å²) in [4.78, 5) is 11.6. The Kier molecular flexibility index (Phi) is 5.97. The molecule has 1 fully saturated rings. The molecule has 1 saturated heterocycles. The molecule has 0 aromatic carbocycles. The highest BCUT2D eigenvalue weighted by atomic mass is 16.5. The molecule has 0 aliphatic carbocycles. The summed E-state index contributed by atoms with van der Waals surface area (Å²) < 4.78 is 7.78. The molecule has 0 atom stereocenters. The Hall–Kier alpha value is -3.43. The first kappa shape index (κ1) is 21.4. The Bertz CT molecular complexity index is 1250. The summed E-state index contributed by atoms with van der Waals surface area (Å²) in [6.07, 6.45) is 7.88. The lowest BCUT2D eigenvalue weighted by molar-refractivity contribution is -0.0461. The fourth-order valence-electron chi connectivity index (χ4n) is 3.82. The fraction of sp³-hybridized carbons (Fsp3) is 0.375. The van der Waals surface area contributed by atoms with E-state index in [1.54, 1.807) is 6.20 Å². The molecule has 9 nitrogen and oxygen atoms in total. The van der Waals surface area contributed by atoms with Crippen LogP contribution in [-0.2, 0) is 11.3 Å². The highest BCUT2D eigenvalue weighted by Crippen LogP contribution is 2.24. The van der Waals surface area contributed by atoms with Crippen LogP contribution in [0.5, 0.6) is 0 Å². The number of fused-ring (bicyclic) bond motifs is 1. The maximum absolute atomic E-state index is 5.87. The highest BCUT2D eigenvalue weighted by Gasteiger charge is 2.23. The van der Waals surface area contributed by atoms with Crippen LogP contribution >= 0.6 is 0 Å². The maximum atomic E-state index is 5.87. The SMILES string of the molecule is CC(C)c1cnnc(Nc2ccc3ncc(-c4cnn(CCOC5CN(C)C5)c4)cc3n2)c1. The van der Waals surface area contributed by atoms with Crippen molar-refractivity contribution >= 4 is 22.7 Å². The monoisotopic (exact) mass is 444 g/mol. The number of hydrogen-bond donors (Lipinski definition) is 1. The number of pyridine rings is 2.